The summed E-state index contributed by atoms with van der Waals surface area (Å²) >= 11 is 5.56. The topological polar surface area (TPSA) is 50.4 Å². The van der Waals surface area contributed by atoms with Crippen molar-refractivity contribution in [3.8, 4) is 5.75 Å². The minimum atomic E-state index is -4.56. The van der Waals surface area contributed by atoms with Crippen LogP contribution in [0.3, 0.4) is 0 Å². The first kappa shape index (κ1) is 18.9. The van der Waals surface area contributed by atoms with Crippen molar-refractivity contribution in [2.24, 2.45) is 0 Å². The van der Waals surface area contributed by atoms with Crippen molar-refractivity contribution >= 4 is 28.9 Å². The zero-order valence-electron chi connectivity index (χ0n) is 13.5. The van der Waals surface area contributed by atoms with Crippen molar-refractivity contribution in [3.63, 3.8) is 0 Å². The van der Waals surface area contributed by atoms with Crippen LogP contribution < -0.4 is 15.4 Å². The predicted octanol–water partition coefficient (Wildman–Crippen LogP) is 4.73. The van der Waals surface area contributed by atoms with E-state index >= 15 is 0 Å². The number of anilines is 2. The van der Waals surface area contributed by atoms with Gasteiger partial charge in [-0.05, 0) is 42.8 Å². The van der Waals surface area contributed by atoms with Crippen LogP contribution >= 0.6 is 11.6 Å². The van der Waals surface area contributed by atoms with Gasteiger partial charge in [0.15, 0.2) is 0 Å². The van der Waals surface area contributed by atoms with E-state index in [0.717, 1.165) is 17.7 Å². The van der Waals surface area contributed by atoms with Crippen molar-refractivity contribution in [2.45, 2.75) is 13.1 Å². The zero-order valence-corrected chi connectivity index (χ0v) is 14.3. The number of aryl methyl sites for hydroxylation is 1. The molecule has 0 bridgehead atoms. The summed E-state index contributed by atoms with van der Waals surface area (Å²) in [6, 6.07) is 8.66. The second kappa shape index (κ2) is 7.65. The summed E-state index contributed by atoms with van der Waals surface area (Å²) < 4.78 is 43.6. The summed E-state index contributed by atoms with van der Waals surface area (Å²) in [5.74, 6) is 0.0669. The Labute approximate surface area is 147 Å². The molecular formula is C17H16ClF3N2O2. The molecule has 134 valence electrons. The van der Waals surface area contributed by atoms with Crippen LogP contribution in [0, 0.1) is 6.92 Å². The smallest absolute Gasteiger partial charge is 0.417 e. The highest BCUT2D eigenvalue weighted by Gasteiger charge is 2.33. The Hall–Kier alpha value is -2.41. The average Bonchev–Trinajstić information content (AvgIpc) is 2.53. The number of methoxy groups -OCH3 is 1. The maximum absolute atomic E-state index is 12.8. The number of benzene rings is 2. The van der Waals surface area contributed by atoms with Crippen LogP contribution in [0.25, 0.3) is 0 Å². The highest BCUT2D eigenvalue weighted by atomic mass is 35.5. The minimum absolute atomic E-state index is 0.142. The number of hydrogen-bond acceptors (Lipinski definition) is 3. The number of ether oxygens (including phenoxy) is 1. The molecule has 0 aliphatic heterocycles. The molecule has 2 aromatic rings. The Kier molecular flexibility index (Phi) is 5.79. The largest absolute Gasteiger partial charge is 0.495 e. The van der Waals surface area contributed by atoms with E-state index in [1.54, 1.807) is 12.1 Å². The first-order valence-electron chi connectivity index (χ1n) is 7.26. The van der Waals surface area contributed by atoms with Gasteiger partial charge in [-0.2, -0.15) is 13.2 Å². The molecule has 2 N–H and O–H groups in total. The molecule has 0 atom stereocenters. The predicted molar refractivity (Wildman–Crippen MR) is 91.3 cm³/mol. The fourth-order valence-electron chi connectivity index (χ4n) is 2.15. The monoisotopic (exact) mass is 372 g/mol. The molecule has 0 aliphatic carbocycles. The normalized spacial score (nSPS) is 11.1. The molecule has 0 saturated heterocycles. The maximum atomic E-state index is 12.8. The van der Waals surface area contributed by atoms with Crippen LogP contribution in [-0.2, 0) is 11.0 Å². The first-order valence-corrected chi connectivity index (χ1v) is 7.63. The maximum Gasteiger partial charge on any atom is 0.417 e. The third-order valence-electron chi connectivity index (χ3n) is 3.35. The van der Waals surface area contributed by atoms with Crippen molar-refractivity contribution in [3.05, 3.63) is 52.5 Å². The van der Waals surface area contributed by atoms with Crippen LogP contribution in [0.4, 0.5) is 24.5 Å². The number of hydrogen-bond donors (Lipinski definition) is 2. The van der Waals surface area contributed by atoms with Crippen molar-refractivity contribution < 1.29 is 22.7 Å². The molecule has 0 saturated carbocycles. The molecule has 1 amide bonds. The van der Waals surface area contributed by atoms with Gasteiger partial charge < -0.3 is 15.4 Å². The molecule has 2 rings (SSSR count). The number of nitrogens with one attached hydrogen (secondary N) is 2. The van der Waals surface area contributed by atoms with E-state index in [0.29, 0.717) is 11.4 Å². The lowest BCUT2D eigenvalue weighted by atomic mass is 10.2. The number of carbonyl (C=O) groups is 1. The van der Waals surface area contributed by atoms with Gasteiger partial charge in [-0.25, -0.2) is 0 Å². The van der Waals surface area contributed by atoms with Crippen LogP contribution in [0.1, 0.15) is 11.1 Å². The molecule has 0 spiro atoms. The zero-order chi connectivity index (χ0) is 18.6. The molecule has 0 radical (unpaired) electrons. The lowest BCUT2D eigenvalue weighted by Gasteiger charge is -2.13. The molecule has 2 aromatic carbocycles. The van der Waals surface area contributed by atoms with Crippen LogP contribution in [-0.4, -0.2) is 19.6 Å². The van der Waals surface area contributed by atoms with Crippen molar-refractivity contribution in [1.29, 1.82) is 0 Å². The Morgan fingerprint density at radius 3 is 2.56 bits per heavy atom. The number of alkyl halides is 3. The molecule has 0 heterocycles. The van der Waals surface area contributed by atoms with Crippen molar-refractivity contribution in [2.75, 3.05) is 24.3 Å². The average molecular weight is 373 g/mol. The Bertz CT molecular complexity index is 779. The molecule has 25 heavy (non-hydrogen) atoms. The summed E-state index contributed by atoms with van der Waals surface area (Å²) in [5.41, 5.74) is 0.598. The van der Waals surface area contributed by atoms with Gasteiger partial charge >= 0.3 is 6.18 Å². The highest BCUT2D eigenvalue weighted by Crippen LogP contribution is 2.36. The molecule has 0 fully saturated rings. The standard InChI is InChI=1S/C17H16ClF3N2O2/c1-10-3-6-15(25-2)14(7-10)23-16(24)9-22-11-4-5-13(18)12(8-11)17(19,20)21/h3-8,22H,9H2,1-2H3,(H,23,24). The second-order valence-corrected chi connectivity index (χ2v) is 5.71. The molecule has 4 nitrogen and oxygen atoms in total. The second-order valence-electron chi connectivity index (χ2n) is 5.30. The molecular weight excluding hydrogens is 357 g/mol. The third-order valence-corrected chi connectivity index (χ3v) is 3.68. The van der Waals surface area contributed by atoms with Gasteiger partial charge in [-0.15, -0.1) is 0 Å². The fraction of sp³-hybridized carbons (Fsp3) is 0.235. The van der Waals surface area contributed by atoms with Crippen LogP contribution in [0.2, 0.25) is 5.02 Å². The van der Waals surface area contributed by atoms with Crippen LogP contribution in [0.15, 0.2) is 36.4 Å². The van der Waals surface area contributed by atoms with E-state index < -0.39 is 22.7 Å². The van der Waals surface area contributed by atoms with Gasteiger partial charge in [0, 0.05) is 5.69 Å². The van der Waals surface area contributed by atoms with Crippen molar-refractivity contribution in [1.82, 2.24) is 0 Å². The van der Waals surface area contributed by atoms with E-state index in [2.05, 4.69) is 10.6 Å². The van der Waals surface area contributed by atoms with Crippen LogP contribution in [0.5, 0.6) is 5.75 Å². The molecule has 0 aliphatic rings. The van der Waals surface area contributed by atoms with Gasteiger partial charge in [-0.1, -0.05) is 17.7 Å². The minimum Gasteiger partial charge on any atom is -0.495 e. The molecule has 8 heteroatoms. The summed E-state index contributed by atoms with van der Waals surface area (Å²) in [6.45, 7) is 1.65. The molecule has 0 aromatic heterocycles. The van der Waals surface area contributed by atoms with Gasteiger partial charge in [0.2, 0.25) is 5.91 Å². The van der Waals surface area contributed by atoms with E-state index in [1.807, 2.05) is 13.0 Å². The lowest BCUT2D eigenvalue weighted by molar-refractivity contribution is -0.137. The van der Waals surface area contributed by atoms with Gasteiger partial charge in [0.1, 0.15) is 5.75 Å². The van der Waals surface area contributed by atoms with E-state index in [1.165, 1.54) is 13.2 Å². The number of carbonyl (C=O) groups excluding carboxylic acids is 1. The first-order chi connectivity index (χ1) is 11.7. The fourth-order valence-corrected chi connectivity index (χ4v) is 2.37. The van der Waals surface area contributed by atoms with E-state index in [9.17, 15) is 18.0 Å². The van der Waals surface area contributed by atoms with E-state index in [-0.39, 0.29) is 12.2 Å². The summed E-state index contributed by atoms with van der Waals surface area (Å²) in [7, 11) is 1.48. The summed E-state index contributed by atoms with van der Waals surface area (Å²) in [5, 5.41) is 4.90. The third kappa shape index (κ3) is 5.03. The van der Waals surface area contributed by atoms with Gasteiger partial charge in [0.05, 0.1) is 29.9 Å². The highest BCUT2D eigenvalue weighted by molar-refractivity contribution is 6.31. The number of halogens is 4. The molecule has 0 unspecified atom stereocenters. The van der Waals surface area contributed by atoms with Gasteiger partial charge in [-0.3, -0.25) is 4.79 Å². The Morgan fingerprint density at radius 1 is 1.20 bits per heavy atom. The quantitative estimate of drug-likeness (QED) is 0.798. The van der Waals surface area contributed by atoms with E-state index in [4.69, 9.17) is 16.3 Å². The lowest BCUT2D eigenvalue weighted by Crippen LogP contribution is -2.22. The Balaban J connectivity index is 2.05. The number of rotatable bonds is 5. The van der Waals surface area contributed by atoms with Gasteiger partial charge in [0.25, 0.3) is 0 Å². The SMILES string of the molecule is COc1ccc(C)cc1NC(=O)CNc1ccc(Cl)c(C(F)(F)F)c1. The summed E-state index contributed by atoms with van der Waals surface area (Å²) in [4.78, 5) is 12.0. The summed E-state index contributed by atoms with van der Waals surface area (Å²) in [6.07, 6.45) is -4.56. The number of amides is 1. The Morgan fingerprint density at radius 2 is 1.92 bits per heavy atom.